The third kappa shape index (κ3) is 0.842. The molecule has 0 aliphatic heterocycles. The Balaban J connectivity index is 1.93. The summed E-state index contributed by atoms with van der Waals surface area (Å²) in [4.78, 5) is 11.2. The molecule has 3 heteroatoms. The van der Waals surface area contributed by atoms with E-state index in [-0.39, 0.29) is 5.92 Å². The monoisotopic (exact) mass is 195 g/mol. The van der Waals surface area contributed by atoms with E-state index in [1.165, 1.54) is 19.3 Å². The molecule has 3 fully saturated rings. The molecule has 0 heterocycles. The van der Waals surface area contributed by atoms with E-state index in [9.17, 15) is 9.90 Å². The molecule has 3 rings (SSSR count). The van der Waals surface area contributed by atoms with Crippen LogP contribution >= 0.6 is 0 Å². The summed E-state index contributed by atoms with van der Waals surface area (Å²) in [6, 6.07) is 0. The van der Waals surface area contributed by atoms with Crippen LogP contribution in [-0.4, -0.2) is 16.6 Å². The van der Waals surface area contributed by atoms with Gasteiger partial charge in [-0.25, -0.2) is 0 Å². The third-order valence-electron chi connectivity index (χ3n) is 4.96. The Labute approximate surface area is 83.7 Å². The van der Waals surface area contributed by atoms with E-state index in [4.69, 9.17) is 5.73 Å². The van der Waals surface area contributed by atoms with Crippen LogP contribution in [0.1, 0.15) is 32.1 Å². The van der Waals surface area contributed by atoms with E-state index in [0.717, 1.165) is 18.8 Å². The Kier molecular flexibility index (Phi) is 1.56. The summed E-state index contributed by atoms with van der Waals surface area (Å²) >= 11 is 0. The van der Waals surface area contributed by atoms with Crippen LogP contribution in [0.5, 0.6) is 0 Å². The molecule has 2 bridgehead atoms. The molecule has 14 heavy (non-hydrogen) atoms. The number of nitrogens with two attached hydrogens (primary N) is 1. The van der Waals surface area contributed by atoms with E-state index in [0.29, 0.717) is 11.8 Å². The molecule has 3 saturated carbocycles. The number of aliphatic carboxylic acids is 1. The minimum atomic E-state index is -0.879. The van der Waals surface area contributed by atoms with Crippen LogP contribution < -0.4 is 5.73 Å². The Bertz CT molecular complexity index is 291. The molecule has 78 valence electrons. The Morgan fingerprint density at radius 3 is 2.79 bits per heavy atom. The van der Waals surface area contributed by atoms with Crippen molar-refractivity contribution in [2.75, 3.05) is 0 Å². The lowest BCUT2D eigenvalue weighted by molar-refractivity contribution is -0.146. The first-order valence-electron chi connectivity index (χ1n) is 5.65. The summed E-state index contributed by atoms with van der Waals surface area (Å²) in [5.41, 5.74) is 5.16. The number of carboxylic acid groups (broad SMARTS) is 1. The van der Waals surface area contributed by atoms with Crippen LogP contribution in [-0.2, 0) is 4.79 Å². The molecular formula is C11H17NO2. The topological polar surface area (TPSA) is 63.3 Å². The van der Waals surface area contributed by atoms with Crippen LogP contribution in [0.15, 0.2) is 0 Å². The van der Waals surface area contributed by atoms with Gasteiger partial charge in [0.25, 0.3) is 0 Å². The summed E-state index contributed by atoms with van der Waals surface area (Å²) in [6.07, 6.45) is 5.64. The van der Waals surface area contributed by atoms with Crippen LogP contribution in [0, 0.1) is 23.7 Å². The highest BCUT2D eigenvalue weighted by molar-refractivity contribution is 5.80. The van der Waals surface area contributed by atoms with E-state index in [2.05, 4.69) is 0 Å². The molecule has 0 radical (unpaired) electrons. The fraction of sp³-hybridized carbons (Fsp3) is 0.909. The maximum atomic E-state index is 11.2. The van der Waals surface area contributed by atoms with Crippen LogP contribution in [0.25, 0.3) is 0 Å². The fourth-order valence-corrected chi connectivity index (χ4v) is 4.44. The average molecular weight is 195 g/mol. The van der Waals surface area contributed by atoms with Crippen LogP contribution in [0.4, 0.5) is 0 Å². The quantitative estimate of drug-likeness (QED) is 0.661. The van der Waals surface area contributed by atoms with Gasteiger partial charge in [-0.1, -0.05) is 6.42 Å². The number of fused-ring (bicyclic) bond motifs is 5. The zero-order valence-corrected chi connectivity index (χ0v) is 8.28. The largest absolute Gasteiger partial charge is 0.480 e. The van der Waals surface area contributed by atoms with E-state index in [1.807, 2.05) is 0 Å². The van der Waals surface area contributed by atoms with Gasteiger partial charge in [0, 0.05) is 0 Å². The van der Waals surface area contributed by atoms with Gasteiger partial charge in [0.2, 0.25) is 0 Å². The summed E-state index contributed by atoms with van der Waals surface area (Å²) < 4.78 is 0. The second kappa shape index (κ2) is 2.51. The lowest BCUT2D eigenvalue weighted by atomic mass is 9.71. The van der Waals surface area contributed by atoms with E-state index in [1.54, 1.807) is 0 Å². The summed E-state index contributed by atoms with van der Waals surface area (Å²) in [5.74, 6) is 1.58. The Morgan fingerprint density at radius 2 is 2.07 bits per heavy atom. The third-order valence-corrected chi connectivity index (χ3v) is 4.96. The van der Waals surface area contributed by atoms with Crippen molar-refractivity contribution in [2.24, 2.45) is 29.4 Å². The predicted molar refractivity (Wildman–Crippen MR) is 51.6 cm³/mol. The van der Waals surface area contributed by atoms with Gasteiger partial charge in [0.1, 0.15) is 5.54 Å². The van der Waals surface area contributed by atoms with E-state index < -0.39 is 11.5 Å². The predicted octanol–water partition coefficient (Wildman–Crippen LogP) is 1.22. The number of carbonyl (C=O) groups is 1. The summed E-state index contributed by atoms with van der Waals surface area (Å²) in [5, 5.41) is 9.19. The zero-order valence-electron chi connectivity index (χ0n) is 8.28. The fourth-order valence-electron chi connectivity index (χ4n) is 4.44. The molecule has 3 unspecified atom stereocenters. The molecule has 0 aromatic carbocycles. The molecule has 3 aliphatic carbocycles. The summed E-state index contributed by atoms with van der Waals surface area (Å²) in [7, 11) is 0. The van der Waals surface area contributed by atoms with Gasteiger partial charge in [0.05, 0.1) is 0 Å². The molecule has 0 aromatic heterocycles. The number of rotatable bonds is 1. The van der Waals surface area contributed by atoms with Gasteiger partial charge in [-0.3, -0.25) is 4.79 Å². The summed E-state index contributed by atoms with van der Waals surface area (Å²) in [6.45, 7) is 0. The minimum absolute atomic E-state index is 0.275. The second-order valence-electron chi connectivity index (χ2n) is 5.41. The van der Waals surface area contributed by atoms with Crippen molar-refractivity contribution >= 4 is 5.97 Å². The number of hydrogen-bond acceptors (Lipinski definition) is 2. The van der Waals surface area contributed by atoms with Crippen molar-refractivity contribution in [3.63, 3.8) is 0 Å². The van der Waals surface area contributed by atoms with Gasteiger partial charge < -0.3 is 10.8 Å². The van der Waals surface area contributed by atoms with Crippen molar-refractivity contribution in [2.45, 2.75) is 37.6 Å². The highest BCUT2D eigenvalue weighted by Gasteiger charge is 2.62. The lowest BCUT2D eigenvalue weighted by Crippen LogP contribution is -2.55. The van der Waals surface area contributed by atoms with Crippen molar-refractivity contribution in [3.8, 4) is 0 Å². The number of carboxylic acids is 1. The smallest absolute Gasteiger partial charge is 0.323 e. The van der Waals surface area contributed by atoms with Crippen LogP contribution in [0.3, 0.4) is 0 Å². The molecule has 3 aliphatic rings. The second-order valence-corrected chi connectivity index (χ2v) is 5.41. The van der Waals surface area contributed by atoms with Gasteiger partial charge in [-0.15, -0.1) is 0 Å². The van der Waals surface area contributed by atoms with Gasteiger partial charge >= 0.3 is 5.97 Å². The highest BCUT2D eigenvalue weighted by Crippen LogP contribution is 2.61. The normalized spacial score (nSPS) is 54.9. The molecule has 0 spiro atoms. The van der Waals surface area contributed by atoms with Crippen molar-refractivity contribution in [3.05, 3.63) is 0 Å². The maximum Gasteiger partial charge on any atom is 0.323 e. The first-order valence-corrected chi connectivity index (χ1v) is 5.65. The molecular weight excluding hydrogens is 178 g/mol. The van der Waals surface area contributed by atoms with Crippen molar-refractivity contribution in [1.82, 2.24) is 0 Å². The SMILES string of the molecule is NC1(C(=O)O)C[C@H]2C[C@@H]1C1CCCC12. The van der Waals surface area contributed by atoms with Gasteiger partial charge in [-0.2, -0.15) is 0 Å². The highest BCUT2D eigenvalue weighted by atomic mass is 16.4. The molecule has 5 atom stereocenters. The zero-order chi connectivity index (χ0) is 9.92. The molecule has 0 saturated heterocycles. The minimum Gasteiger partial charge on any atom is -0.480 e. The molecule has 3 nitrogen and oxygen atoms in total. The number of hydrogen-bond donors (Lipinski definition) is 2. The van der Waals surface area contributed by atoms with Gasteiger partial charge in [0.15, 0.2) is 0 Å². The first-order chi connectivity index (χ1) is 6.63. The van der Waals surface area contributed by atoms with Gasteiger partial charge in [-0.05, 0) is 49.4 Å². The molecule has 0 amide bonds. The van der Waals surface area contributed by atoms with Crippen molar-refractivity contribution < 1.29 is 9.90 Å². The molecule has 3 N–H and O–H groups in total. The Hall–Kier alpha value is -0.570. The standard InChI is InChI=1S/C11H17NO2/c12-11(10(13)14)5-6-4-9(11)8-3-1-2-7(6)8/h6-9H,1-5,12H2,(H,13,14)/t6-,7?,8?,9-,11?/m1/s1. The molecule has 0 aromatic rings. The van der Waals surface area contributed by atoms with Crippen LogP contribution in [0.2, 0.25) is 0 Å². The maximum absolute atomic E-state index is 11.2. The Morgan fingerprint density at radius 1 is 1.36 bits per heavy atom. The van der Waals surface area contributed by atoms with Crippen molar-refractivity contribution in [1.29, 1.82) is 0 Å². The first kappa shape index (κ1) is 8.72. The lowest BCUT2D eigenvalue weighted by Gasteiger charge is -2.36. The average Bonchev–Trinajstić information content (AvgIpc) is 2.71. The van der Waals surface area contributed by atoms with E-state index >= 15 is 0 Å².